The first kappa shape index (κ1) is 30.6. The average Bonchev–Trinajstić information content (AvgIpc) is 3.32. The number of halogens is 4. The Morgan fingerprint density at radius 2 is 1.81 bits per heavy atom. The highest BCUT2D eigenvalue weighted by Crippen LogP contribution is 2.37. The number of hydrogen-bond donors (Lipinski definition) is 2. The summed E-state index contributed by atoms with van der Waals surface area (Å²) in [5.74, 6) is -0.452. The molecule has 0 radical (unpaired) electrons. The van der Waals surface area contributed by atoms with Crippen LogP contribution < -0.4 is 5.32 Å². The van der Waals surface area contributed by atoms with E-state index in [-0.39, 0.29) is 38.3 Å². The van der Waals surface area contributed by atoms with Crippen LogP contribution in [0.5, 0.6) is 0 Å². The molecule has 9 nitrogen and oxygen atoms in total. The summed E-state index contributed by atoms with van der Waals surface area (Å²) in [5.41, 5.74) is 1.78. The molecule has 1 aromatic carbocycles. The van der Waals surface area contributed by atoms with Gasteiger partial charge in [-0.1, -0.05) is 19.4 Å². The van der Waals surface area contributed by atoms with Crippen molar-refractivity contribution in [2.75, 3.05) is 44.6 Å². The fourth-order valence-corrected chi connectivity index (χ4v) is 7.20. The molecule has 2 N–H and O–H groups in total. The SMILES string of the molecule is CCCCNc1ncc2c(-c3ccc(S(=O)(=O)N4CCN(CC(F)(F)F)CC4)c(F)c3)cn([C@H]3CC[C@@H](O)CC3)c2n1. The molecular weight excluding hydrogens is 576 g/mol. The fraction of sp³-hybridized carbons (Fsp3) is 0.571. The molecule has 0 unspecified atom stereocenters. The Morgan fingerprint density at radius 3 is 2.45 bits per heavy atom. The van der Waals surface area contributed by atoms with Crippen molar-refractivity contribution in [2.24, 2.45) is 0 Å². The minimum Gasteiger partial charge on any atom is -0.393 e. The van der Waals surface area contributed by atoms with Crippen molar-refractivity contribution in [2.45, 2.75) is 68.7 Å². The van der Waals surface area contributed by atoms with Gasteiger partial charge in [0.2, 0.25) is 16.0 Å². The third-order valence-corrected chi connectivity index (χ3v) is 9.97. The van der Waals surface area contributed by atoms with E-state index < -0.39 is 33.5 Å². The lowest BCUT2D eigenvalue weighted by Crippen LogP contribution is -2.50. The number of rotatable bonds is 9. The molecule has 2 aliphatic rings. The molecule has 1 saturated heterocycles. The number of nitrogens with one attached hydrogen (secondary N) is 1. The Hall–Kier alpha value is -2.81. The number of alkyl halides is 3. The number of hydrogen-bond acceptors (Lipinski definition) is 7. The zero-order chi connectivity index (χ0) is 30.1. The minimum atomic E-state index is -4.37. The van der Waals surface area contributed by atoms with E-state index in [9.17, 15) is 26.7 Å². The molecule has 2 fully saturated rings. The molecule has 0 atom stereocenters. The van der Waals surface area contributed by atoms with Gasteiger partial charge in [-0.25, -0.2) is 17.8 Å². The lowest BCUT2D eigenvalue weighted by molar-refractivity contribution is -0.148. The van der Waals surface area contributed by atoms with Gasteiger partial charge in [-0.2, -0.15) is 22.5 Å². The molecule has 5 rings (SSSR count). The summed E-state index contributed by atoms with van der Waals surface area (Å²) in [7, 11) is -4.25. The molecule has 1 saturated carbocycles. The number of aromatic nitrogens is 3. The Bertz CT molecular complexity index is 1500. The van der Waals surface area contributed by atoms with Gasteiger partial charge < -0.3 is 15.0 Å². The number of aliphatic hydroxyl groups is 1. The molecule has 3 aromatic rings. The van der Waals surface area contributed by atoms with Crippen LogP contribution >= 0.6 is 0 Å². The largest absolute Gasteiger partial charge is 0.401 e. The molecule has 0 bridgehead atoms. The summed E-state index contributed by atoms with van der Waals surface area (Å²) in [4.78, 5) is 9.85. The van der Waals surface area contributed by atoms with Crippen molar-refractivity contribution in [3.8, 4) is 11.1 Å². The van der Waals surface area contributed by atoms with Gasteiger partial charge in [-0.3, -0.25) is 4.90 Å². The predicted octanol–water partition coefficient (Wildman–Crippen LogP) is 4.79. The summed E-state index contributed by atoms with van der Waals surface area (Å²) in [6.45, 7) is 1.21. The fourth-order valence-electron chi connectivity index (χ4n) is 5.73. The van der Waals surface area contributed by atoms with E-state index in [0.29, 0.717) is 41.0 Å². The summed E-state index contributed by atoms with van der Waals surface area (Å²) >= 11 is 0. The first-order valence-corrected chi connectivity index (χ1v) is 15.8. The Balaban J connectivity index is 1.43. The van der Waals surface area contributed by atoms with Crippen molar-refractivity contribution in [1.29, 1.82) is 0 Å². The predicted molar refractivity (Wildman–Crippen MR) is 151 cm³/mol. The molecule has 0 spiro atoms. The molecular formula is C28H36F4N6O3S. The van der Waals surface area contributed by atoms with E-state index in [1.807, 2.05) is 10.8 Å². The molecule has 0 amide bonds. The van der Waals surface area contributed by atoms with Crippen LogP contribution in [0.25, 0.3) is 22.2 Å². The highest BCUT2D eigenvalue weighted by molar-refractivity contribution is 7.89. The lowest BCUT2D eigenvalue weighted by atomic mass is 9.93. The minimum absolute atomic E-state index is 0.0866. The molecule has 1 aliphatic carbocycles. The molecule has 14 heteroatoms. The topological polar surface area (TPSA) is 104 Å². The van der Waals surface area contributed by atoms with Gasteiger partial charge in [0.25, 0.3) is 0 Å². The van der Waals surface area contributed by atoms with Gasteiger partial charge in [0, 0.05) is 62.1 Å². The van der Waals surface area contributed by atoms with Crippen LogP contribution in [-0.2, 0) is 10.0 Å². The van der Waals surface area contributed by atoms with Crippen molar-refractivity contribution < 1.29 is 31.1 Å². The maximum absolute atomic E-state index is 15.5. The Morgan fingerprint density at radius 1 is 1.10 bits per heavy atom. The van der Waals surface area contributed by atoms with E-state index in [4.69, 9.17) is 4.98 Å². The van der Waals surface area contributed by atoms with Crippen LogP contribution in [0.4, 0.5) is 23.5 Å². The average molecular weight is 613 g/mol. The molecule has 230 valence electrons. The van der Waals surface area contributed by atoms with Crippen LogP contribution in [0.2, 0.25) is 0 Å². The number of piperazine rings is 1. The number of sulfonamides is 1. The van der Waals surface area contributed by atoms with Crippen LogP contribution in [0.3, 0.4) is 0 Å². The molecule has 3 heterocycles. The quantitative estimate of drug-likeness (QED) is 0.265. The monoisotopic (exact) mass is 612 g/mol. The van der Waals surface area contributed by atoms with Crippen molar-refractivity contribution in [3.05, 3.63) is 36.4 Å². The van der Waals surface area contributed by atoms with E-state index in [0.717, 1.165) is 41.4 Å². The second-order valence-corrected chi connectivity index (χ2v) is 13.0. The molecule has 2 aromatic heterocycles. The third kappa shape index (κ3) is 6.71. The second-order valence-electron chi connectivity index (χ2n) is 11.1. The first-order chi connectivity index (χ1) is 20.0. The highest BCUT2D eigenvalue weighted by Gasteiger charge is 2.36. The van der Waals surface area contributed by atoms with E-state index in [1.54, 1.807) is 6.20 Å². The van der Waals surface area contributed by atoms with E-state index >= 15 is 4.39 Å². The van der Waals surface area contributed by atoms with Gasteiger partial charge >= 0.3 is 6.18 Å². The number of unbranched alkanes of at least 4 members (excludes halogenated alkanes) is 1. The maximum atomic E-state index is 15.5. The highest BCUT2D eigenvalue weighted by atomic mass is 32.2. The summed E-state index contributed by atoms with van der Waals surface area (Å²) < 4.78 is 83.2. The van der Waals surface area contributed by atoms with E-state index in [1.165, 1.54) is 18.2 Å². The Kier molecular flexibility index (Phi) is 9.07. The van der Waals surface area contributed by atoms with Gasteiger partial charge in [-0.15, -0.1) is 0 Å². The van der Waals surface area contributed by atoms with Crippen LogP contribution in [0, 0.1) is 5.82 Å². The first-order valence-electron chi connectivity index (χ1n) is 14.3. The zero-order valence-corrected chi connectivity index (χ0v) is 24.3. The van der Waals surface area contributed by atoms with Crippen LogP contribution in [0.1, 0.15) is 51.5 Å². The zero-order valence-electron chi connectivity index (χ0n) is 23.4. The molecule has 42 heavy (non-hydrogen) atoms. The number of aliphatic hydroxyl groups excluding tert-OH is 1. The summed E-state index contributed by atoms with van der Waals surface area (Å²) in [6, 6.07) is 4.00. The van der Waals surface area contributed by atoms with Crippen LogP contribution in [-0.4, -0.2) is 88.8 Å². The smallest absolute Gasteiger partial charge is 0.393 e. The Labute approximate surface area is 242 Å². The van der Waals surface area contributed by atoms with Gasteiger partial charge in [-0.05, 0) is 49.8 Å². The van der Waals surface area contributed by atoms with Crippen molar-refractivity contribution >= 4 is 27.0 Å². The van der Waals surface area contributed by atoms with E-state index in [2.05, 4.69) is 17.2 Å². The van der Waals surface area contributed by atoms with Gasteiger partial charge in [0.15, 0.2) is 0 Å². The maximum Gasteiger partial charge on any atom is 0.401 e. The van der Waals surface area contributed by atoms with Crippen LogP contribution in [0.15, 0.2) is 35.5 Å². The number of benzene rings is 1. The number of nitrogens with zero attached hydrogens (tertiary/aromatic N) is 5. The van der Waals surface area contributed by atoms with Crippen molar-refractivity contribution in [1.82, 2.24) is 23.7 Å². The summed E-state index contributed by atoms with van der Waals surface area (Å²) in [5, 5.41) is 14.0. The third-order valence-electron chi connectivity index (χ3n) is 8.04. The van der Waals surface area contributed by atoms with Gasteiger partial charge in [0.1, 0.15) is 16.4 Å². The van der Waals surface area contributed by atoms with Crippen molar-refractivity contribution in [3.63, 3.8) is 0 Å². The lowest BCUT2D eigenvalue weighted by Gasteiger charge is -2.34. The molecule has 1 aliphatic heterocycles. The van der Waals surface area contributed by atoms with Gasteiger partial charge in [0.05, 0.1) is 12.6 Å². The normalized spacial score (nSPS) is 21.2. The second kappa shape index (κ2) is 12.4. The standard InChI is InChI=1S/C28H36F4N6O3S/c1-2-3-10-33-27-34-16-22-23(17-38(26(22)35-27)20-5-7-21(39)8-6-20)19-4-9-25(24(29)15-19)42(40,41)37-13-11-36(12-14-37)18-28(30,31)32/h4,9,15-17,20-21,39H,2-3,5-8,10-14,18H2,1H3,(H,33,34,35)/t20-,21+. The number of fused-ring (bicyclic) bond motifs is 1. The number of anilines is 1. The summed E-state index contributed by atoms with van der Waals surface area (Å²) in [6.07, 6.45) is 3.70.